The molecule has 0 aliphatic carbocycles. The first-order valence-corrected chi connectivity index (χ1v) is 4.86. The molecule has 0 saturated carbocycles. The smallest absolute Gasteiger partial charge is 0.335 e. The second kappa shape index (κ2) is 6.41. The summed E-state index contributed by atoms with van der Waals surface area (Å²) in [5.74, 6) is -0.769. The Hall–Kier alpha value is -1.18. The molecule has 1 aliphatic rings. The highest BCUT2D eigenvalue weighted by Crippen LogP contribution is 2.11. The van der Waals surface area contributed by atoms with Crippen molar-refractivity contribution in [1.29, 1.82) is 0 Å². The van der Waals surface area contributed by atoms with Gasteiger partial charge in [0.15, 0.2) is 12.4 Å². The second-order valence-corrected chi connectivity index (χ2v) is 3.28. The van der Waals surface area contributed by atoms with Crippen molar-refractivity contribution in [3.63, 3.8) is 0 Å². The average molecular weight is 233 g/mol. The molecular weight excluding hydrogens is 218 g/mol. The van der Waals surface area contributed by atoms with Crippen LogP contribution >= 0.6 is 0 Å². The van der Waals surface area contributed by atoms with Gasteiger partial charge in [-0.15, -0.1) is 0 Å². The first-order valence-electron chi connectivity index (χ1n) is 4.86. The summed E-state index contributed by atoms with van der Waals surface area (Å²) in [6.07, 6.45) is -1.70. The Balaban J connectivity index is 2.39. The van der Waals surface area contributed by atoms with Crippen molar-refractivity contribution in [3.05, 3.63) is 0 Å². The maximum Gasteiger partial charge on any atom is 0.335 e. The third-order valence-electron chi connectivity index (χ3n) is 2.14. The molecule has 2 N–H and O–H groups in total. The third kappa shape index (κ3) is 3.76. The van der Waals surface area contributed by atoms with E-state index in [0.717, 1.165) is 0 Å². The number of carbonyl (C=O) groups excluding carboxylic acids is 1. The summed E-state index contributed by atoms with van der Waals surface area (Å²) in [5, 5.41) is 21.0. The molecular formula is C9H15NO6. The highest BCUT2D eigenvalue weighted by molar-refractivity contribution is 5.89. The number of ether oxygens (including phenoxy) is 3. The Morgan fingerprint density at radius 2 is 2.19 bits per heavy atom. The normalized spacial score (nSPS) is 19.8. The van der Waals surface area contributed by atoms with Gasteiger partial charge in [-0.3, -0.25) is 0 Å². The van der Waals surface area contributed by atoms with E-state index in [4.69, 9.17) is 14.7 Å². The molecule has 0 aromatic carbocycles. The van der Waals surface area contributed by atoms with Crippen LogP contribution in [0.3, 0.4) is 0 Å². The van der Waals surface area contributed by atoms with Crippen LogP contribution in [0.2, 0.25) is 0 Å². The molecule has 0 aromatic heterocycles. The minimum Gasteiger partial charge on any atom is -0.467 e. The molecule has 1 heterocycles. The van der Waals surface area contributed by atoms with Gasteiger partial charge >= 0.3 is 5.97 Å². The van der Waals surface area contributed by atoms with Crippen LogP contribution in [0, 0.1) is 0 Å². The molecule has 7 heteroatoms. The van der Waals surface area contributed by atoms with Gasteiger partial charge in [0.1, 0.15) is 0 Å². The molecule has 1 saturated heterocycles. The summed E-state index contributed by atoms with van der Waals surface area (Å²) in [6.45, 7) is 0.978. The van der Waals surface area contributed by atoms with E-state index < -0.39 is 18.4 Å². The van der Waals surface area contributed by atoms with E-state index >= 15 is 0 Å². The molecule has 0 amide bonds. The maximum absolute atomic E-state index is 10.9. The molecule has 1 unspecified atom stereocenters. The Kier molecular flexibility index (Phi) is 5.17. The molecule has 1 aliphatic heterocycles. The van der Waals surface area contributed by atoms with Crippen molar-refractivity contribution in [2.75, 3.05) is 20.3 Å². The molecule has 0 bridgehead atoms. The van der Waals surface area contributed by atoms with E-state index in [1.54, 1.807) is 0 Å². The number of aliphatic hydroxyl groups excluding tert-OH is 1. The quantitative estimate of drug-likeness (QED) is 0.287. The Bertz CT molecular complexity index is 261. The van der Waals surface area contributed by atoms with Gasteiger partial charge in [0.05, 0.1) is 26.0 Å². The Morgan fingerprint density at radius 3 is 2.69 bits per heavy atom. The van der Waals surface area contributed by atoms with Gasteiger partial charge in [-0.05, 0) is 0 Å². The van der Waals surface area contributed by atoms with Gasteiger partial charge < -0.3 is 24.5 Å². The fraction of sp³-hybridized carbons (Fsp3) is 0.778. The molecule has 0 aromatic rings. The van der Waals surface area contributed by atoms with Gasteiger partial charge in [0, 0.05) is 12.8 Å². The van der Waals surface area contributed by atoms with Crippen LogP contribution in [-0.4, -0.2) is 54.7 Å². The van der Waals surface area contributed by atoms with Crippen LogP contribution in [0.25, 0.3) is 0 Å². The molecule has 16 heavy (non-hydrogen) atoms. The van der Waals surface area contributed by atoms with Crippen molar-refractivity contribution in [2.24, 2.45) is 5.16 Å². The van der Waals surface area contributed by atoms with E-state index in [0.29, 0.717) is 13.2 Å². The van der Waals surface area contributed by atoms with Gasteiger partial charge in [-0.25, -0.2) is 4.79 Å². The predicted molar refractivity (Wildman–Crippen MR) is 52.2 cm³/mol. The van der Waals surface area contributed by atoms with Crippen LogP contribution in [0.4, 0.5) is 0 Å². The van der Waals surface area contributed by atoms with Crippen molar-refractivity contribution in [3.8, 4) is 0 Å². The second-order valence-electron chi connectivity index (χ2n) is 3.28. The van der Waals surface area contributed by atoms with Crippen molar-refractivity contribution in [2.45, 2.75) is 25.2 Å². The molecule has 1 atom stereocenters. The number of carbonyl (C=O) groups is 1. The van der Waals surface area contributed by atoms with E-state index in [1.807, 2.05) is 0 Å². The van der Waals surface area contributed by atoms with Crippen molar-refractivity contribution < 1.29 is 29.3 Å². The fourth-order valence-corrected chi connectivity index (χ4v) is 1.33. The van der Waals surface area contributed by atoms with E-state index in [9.17, 15) is 9.90 Å². The molecule has 1 rings (SSSR count). The minimum absolute atomic E-state index is 0.105. The highest BCUT2D eigenvalue weighted by Gasteiger charge is 2.23. The van der Waals surface area contributed by atoms with E-state index in [-0.39, 0.29) is 18.6 Å². The van der Waals surface area contributed by atoms with E-state index in [1.165, 1.54) is 7.11 Å². The lowest BCUT2D eigenvalue weighted by Crippen LogP contribution is -2.27. The summed E-state index contributed by atoms with van der Waals surface area (Å²) in [4.78, 5) is 10.9. The number of hydrogen-bond donors (Lipinski definition) is 2. The Labute approximate surface area is 92.6 Å². The number of hydrogen-bond acceptors (Lipinski definition) is 7. The minimum atomic E-state index is -1.34. The van der Waals surface area contributed by atoms with E-state index in [2.05, 4.69) is 9.89 Å². The van der Waals surface area contributed by atoms with Gasteiger partial charge in [-0.2, -0.15) is 0 Å². The number of rotatable bonds is 5. The highest BCUT2D eigenvalue weighted by atomic mass is 16.7. The Morgan fingerprint density at radius 1 is 1.56 bits per heavy atom. The summed E-state index contributed by atoms with van der Waals surface area (Å²) >= 11 is 0. The molecule has 1 fully saturated rings. The summed E-state index contributed by atoms with van der Waals surface area (Å²) in [6, 6.07) is 0. The first kappa shape index (κ1) is 12.9. The monoisotopic (exact) mass is 233 g/mol. The van der Waals surface area contributed by atoms with Crippen LogP contribution < -0.4 is 0 Å². The zero-order valence-electron chi connectivity index (χ0n) is 8.96. The fourth-order valence-electron chi connectivity index (χ4n) is 1.33. The molecule has 7 nitrogen and oxygen atoms in total. The largest absolute Gasteiger partial charge is 0.467 e. The first-order chi connectivity index (χ1) is 7.67. The third-order valence-corrected chi connectivity index (χ3v) is 2.14. The number of nitrogens with zero attached hydrogens (tertiary/aromatic N) is 1. The zero-order chi connectivity index (χ0) is 12.0. The number of oxime groups is 1. The number of aliphatic hydroxyl groups is 1. The average Bonchev–Trinajstić information content (AvgIpc) is 2.79. The number of esters is 1. The summed E-state index contributed by atoms with van der Waals surface area (Å²) < 4.78 is 14.6. The van der Waals surface area contributed by atoms with Crippen LogP contribution in [0.1, 0.15) is 12.8 Å². The SMILES string of the molecule is COC(=O)C(O)C/C(CC1OCCO1)=N/O. The van der Waals surface area contributed by atoms with Gasteiger partial charge in [0.25, 0.3) is 0 Å². The van der Waals surface area contributed by atoms with Crippen LogP contribution in [-0.2, 0) is 19.0 Å². The lowest BCUT2D eigenvalue weighted by Gasteiger charge is -2.12. The predicted octanol–water partition coefficient (Wildman–Crippen LogP) is -0.496. The lowest BCUT2D eigenvalue weighted by molar-refractivity contribution is -0.150. The maximum atomic E-state index is 10.9. The molecule has 0 spiro atoms. The van der Waals surface area contributed by atoms with Gasteiger partial charge in [-0.1, -0.05) is 5.16 Å². The standard InChI is InChI=1S/C9H15NO6/c1-14-9(12)7(11)4-6(10-13)5-8-15-2-3-16-8/h7-8,11,13H,2-5H2,1H3/b10-6-. The van der Waals surface area contributed by atoms with Crippen LogP contribution in [0.15, 0.2) is 5.16 Å². The van der Waals surface area contributed by atoms with Gasteiger partial charge in [0.2, 0.25) is 0 Å². The number of methoxy groups -OCH3 is 1. The molecule has 0 radical (unpaired) electrons. The summed E-state index contributed by atoms with van der Waals surface area (Å²) in [7, 11) is 1.17. The summed E-state index contributed by atoms with van der Waals surface area (Å²) in [5.41, 5.74) is 0.227. The zero-order valence-corrected chi connectivity index (χ0v) is 8.96. The molecule has 92 valence electrons. The topological polar surface area (TPSA) is 97.6 Å². The van der Waals surface area contributed by atoms with Crippen LogP contribution in [0.5, 0.6) is 0 Å². The van der Waals surface area contributed by atoms with Crippen molar-refractivity contribution >= 4 is 11.7 Å². The van der Waals surface area contributed by atoms with Crippen molar-refractivity contribution in [1.82, 2.24) is 0 Å². The lowest BCUT2D eigenvalue weighted by atomic mass is 10.1.